The highest BCUT2D eigenvalue weighted by Gasteiger charge is 2.17. The Kier molecular flexibility index (Phi) is 3.97. The number of carboxylic acids is 1. The normalized spacial score (nSPS) is 16.8. The quantitative estimate of drug-likeness (QED) is 0.867. The zero-order valence-corrected chi connectivity index (χ0v) is 10.5. The van der Waals surface area contributed by atoms with E-state index in [1.54, 1.807) is 6.07 Å². The fourth-order valence-corrected chi connectivity index (χ4v) is 2.49. The fraction of sp³-hybridized carbons (Fsp3) is 0.500. The number of piperidine rings is 1. The summed E-state index contributed by atoms with van der Waals surface area (Å²) in [6, 6.07) is 3.09. The Morgan fingerprint density at radius 1 is 1.44 bits per heavy atom. The molecule has 1 saturated heterocycles. The van der Waals surface area contributed by atoms with Crippen LogP contribution in [-0.2, 0) is 6.42 Å². The van der Waals surface area contributed by atoms with E-state index in [9.17, 15) is 9.18 Å². The van der Waals surface area contributed by atoms with Crippen LogP contribution in [0.4, 0.5) is 4.39 Å². The lowest BCUT2D eigenvalue weighted by molar-refractivity contribution is 0.0695. The maximum absolute atomic E-state index is 13.7. The van der Waals surface area contributed by atoms with E-state index in [1.807, 2.05) is 0 Å². The monoisotopic (exact) mass is 251 g/mol. The van der Waals surface area contributed by atoms with Gasteiger partial charge in [-0.3, -0.25) is 0 Å². The first-order valence-electron chi connectivity index (χ1n) is 6.31. The molecule has 0 spiro atoms. The van der Waals surface area contributed by atoms with E-state index in [0.717, 1.165) is 37.9 Å². The molecule has 4 heteroatoms. The molecule has 0 radical (unpaired) electrons. The Morgan fingerprint density at radius 3 is 2.72 bits per heavy atom. The molecule has 1 aliphatic heterocycles. The van der Waals surface area contributed by atoms with Crippen LogP contribution in [0.2, 0.25) is 0 Å². The summed E-state index contributed by atoms with van der Waals surface area (Å²) < 4.78 is 13.7. The van der Waals surface area contributed by atoms with Gasteiger partial charge in [0.1, 0.15) is 5.82 Å². The molecule has 0 unspecified atom stereocenters. The number of hydrogen-bond donors (Lipinski definition) is 2. The van der Waals surface area contributed by atoms with Gasteiger partial charge in [0.15, 0.2) is 0 Å². The third kappa shape index (κ3) is 2.88. The van der Waals surface area contributed by atoms with E-state index < -0.39 is 11.8 Å². The molecule has 1 fully saturated rings. The highest BCUT2D eigenvalue weighted by atomic mass is 19.1. The average Bonchev–Trinajstić information content (AvgIpc) is 2.34. The summed E-state index contributed by atoms with van der Waals surface area (Å²) in [5, 5.41) is 12.3. The van der Waals surface area contributed by atoms with Crippen LogP contribution in [0.1, 0.15) is 34.3 Å². The van der Waals surface area contributed by atoms with Crippen LogP contribution in [0.15, 0.2) is 12.1 Å². The molecule has 1 aromatic carbocycles. The predicted molar refractivity (Wildman–Crippen MR) is 67.4 cm³/mol. The summed E-state index contributed by atoms with van der Waals surface area (Å²) in [5.41, 5.74) is 1.10. The maximum atomic E-state index is 13.7. The molecule has 2 rings (SSSR count). The summed E-state index contributed by atoms with van der Waals surface area (Å²) in [4.78, 5) is 11.0. The summed E-state index contributed by atoms with van der Waals surface area (Å²) >= 11 is 0. The molecular formula is C14H18FNO2. The molecule has 0 aliphatic carbocycles. The van der Waals surface area contributed by atoms with Crippen molar-refractivity contribution < 1.29 is 14.3 Å². The van der Waals surface area contributed by atoms with Crippen LogP contribution in [0.25, 0.3) is 0 Å². The van der Waals surface area contributed by atoms with E-state index in [1.165, 1.54) is 13.0 Å². The first-order chi connectivity index (χ1) is 8.58. The van der Waals surface area contributed by atoms with Gasteiger partial charge in [0.05, 0.1) is 5.56 Å². The standard InChI is InChI=1S/C14H18FNO2/c1-9-12(14(17)18)7-11(8-13(9)15)6-10-2-4-16-5-3-10/h7-8,10,16H,2-6H2,1H3,(H,17,18). The smallest absolute Gasteiger partial charge is 0.336 e. The topological polar surface area (TPSA) is 49.3 Å². The molecule has 0 aromatic heterocycles. The van der Waals surface area contributed by atoms with E-state index in [2.05, 4.69) is 5.32 Å². The minimum Gasteiger partial charge on any atom is -0.478 e. The molecule has 0 amide bonds. The van der Waals surface area contributed by atoms with Crippen molar-refractivity contribution in [3.63, 3.8) is 0 Å². The van der Waals surface area contributed by atoms with Crippen molar-refractivity contribution in [2.24, 2.45) is 5.92 Å². The summed E-state index contributed by atoms with van der Waals surface area (Å²) in [5.74, 6) is -0.951. The lowest BCUT2D eigenvalue weighted by Crippen LogP contribution is -2.28. The predicted octanol–water partition coefficient (Wildman–Crippen LogP) is 2.37. The van der Waals surface area contributed by atoms with E-state index in [4.69, 9.17) is 5.11 Å². The van der Waals surface area contributed by atoms with Crippen molar-refractivity contribution in [1.29, 1.82) is 0 Å². The Bertz CT molecular complexity index is 453. The van der Waals surface area contributed by atoms with Crippen molar-refractivity contribution in [2.75, 3.05) is 13.1 Å². The van der Waals surface area contributed by atoms with E-state index in [-0.39, 0.29) is 11.1 Å². The van der Waals surface area contributed by atoms with Crippen molar-refractivity contribution >= 4 is 5.97 Å². The third-order valence-corrected chi connectivity index (χ3v) is 3.62. The number of nitrogens with one attached hydrogen (secondary N) is 1. The first-order valence-corrected chi connectivity index (χ1v) is 6.31. The van der Waals surface area contributed by atoms with Crippen molar-refractivity contribution in [3.05, 3.63) is 34.6 Å². The molecule has 1 aromatic rings. The zero-order chi connectivity index (χ0) is 13.1. The van der Waals surface area contributed by atoms with Gasteiger partial charge in [0, 0.05) is 0 Å². The number of benzene rings is 1. The number of rotatable bonds is 3. The Balaban J connectivity index is 2.20. The summed E-state index contributed by atoms with van der Waals surface area (Å²) in [6.45, 7) is 3.49. The Morgan fingerprint density at radius 2 is 2.11 bits per heavy atom. The lowest BCUT2D eigenvalue weighted by Gasteiger charge is -2.22. The number of carboxylic acid groups (broad SMARTS) is 1. The summed E-state index contributed by atoms with van der Waals surface area (Å²) in [6.07, 6.45) is 2.90. The first kappa shape index (κ1) is 13.0. The second kappa shape index (κ2) is 5.48. The van der Waals surface area contributed by atoms with Crippen LogP contribution < -0.4 is 5.32 Å². The molecule has 1 heterocycles. The molecule has 18 heavy (non-hydrogen) atoms. The molecule has 0 bridgehead atoms. The number of carbonyl (C=O) groups is 1. The van der Waals surface area contributed by atoms with Crippen LogP contribution in [0.3, 0.4) is 0 Å². The molecule has 0 atom stereocenters. The van der Waals surface area contributed by atoms with Crippen LogP contribution in [-0.4, -0.2) is 24.2 Å². The van der Waals surface area contributed by atoms with Crippen LogP contribution >= 0.6 is 0 Å². The van der Waals surface area contributed by atoms with Crippen molar-refractivity contribution in [1.82, 2.24) is 5.32 Å². The van der Waals surface area contributed by atoms with Gasteiger partial charge in [-0.05, 0) is 68.5 Å². The van der Waals surface area contributed by atoms with Gasteiger partial charge >= 0.3 is 5.97 Å². The molecule has 0 saturated carbocycles. The van der Waals surface area contributed by atoms with Gasteiger partial charge in [-0.1, -0.05) is 0 Å². The average molecular weight is 251 g/mol. The molecule has 1 aliphatic rings. The lowest BCUT2D eigenvalue weighted by atomic mass is 9.89. The highest BCUT2D eigenvalue weighted by Crippen LogP contribution is 2.22. The number of hydrogen-bond acceptors (Lipinski definition) is 2. The third-order valence-electron chi connectivity index (χ3n) is 3.62. The zero-order valence-electron chi connectivity index (χ0n) is 10.5. The van der Waals surface area contributed by atoms with Gasteiger partial charge in [0.25, 0.3) is 0 Å². The van der Waals surface area contributed by atoms with Crippen LogP contribution in [0.5, 0.6) is 0 Å². The highest BCUT2D eigenvalue weighted by molar-refractivity contribution is 5.89. The van der Waals surface area contributed by atoms with Gasteiger partial charge in [-0.15, -0.1) is 0 Å². The van der Waals surface area contributed by atoms with E-state index in [0.29, 0.717) is 5.92 Å². The summed E-state index contributed by atoms with van der Waals surface area (Å²) in [7, 11) is 0. The molecule has 2 N–H and O–H groups in total. The minimum absolute atomic E-state index is 0.0823. The second-order valence-corrected chi connectivity index (χ2v) is 4.95. The van der Waals surface area contributed by atoms with Gasteiger partial charge < -0.3 is 10.4 Å². The Hall–Kier alpha value is -1.42. The maximum Gasteiger partial charge on any atom is 0.336 e. The van der Waals surface area contributed by atoms with Crippen molar-refractivity contribution in [2.45, 2.75) is 26.2 Å². The van der Waals surface area contributed by atoms with E-state index >= 15 is 0 Å². The van der Waals surface area contributed by atoms with Gasteiger partial charge in [0.2, 0.25) is 0 Å². The largest absolute Gasteiger partial charge is 0.478 e. The van der Waals surface area contributed by atoms with Crippen molar-refractivity contribution in [3.8, 4) is 0 Å². The molecule has 3 nitrogen and oxygen atoms in total. The SMILES string of the molecule is Cc1c(F)cc(CC2CCNCC2)cc1C(=O)O. The molecule has 98 valence electrons. The Labute approximate surface area is 106 Å². The fourth-order valence-electron chi connectivity index (χ4n) is 2.49. The van der Waals surface area contributed by atoms with Gasteiger partial charge in [-0.2, -0.15) is 0 Å². The minimum atomic E-state index is -1.06. The number of halogens is 1. The van der Waals surface area contributed by atoms with Crippen LogP contribution in [0, 0.1) is 18.7 Å². The second-order valence-electron chi connectivity index (χ2n) is 4.95. The molecular weight excluding hydrogens is 233 g/mol. The van der Waals surface area contributed by atoms with Gasteiger partial charge in [-0.25, -0.2) is 9.18 Å². The number of aromatic carboxylic acids is 1.